The maximum atomic E-state index is 12.9. The Balaban J connectivity index is 1.60. The number of hydrogen-bond donors (Lipinski definition) is 1. The van der Waals surface area contributed by atoms with Gasteiger partial charge >= 0.3 is 0 Å². The summed E-state index contributed by atoms with van der Waals surface area (Å²) >= 11 is 1.56. The maximum Gasteiger partial charge on any atom is 0.256 e. The van der Waals surface area contributed by atoms with Crippen LogP contribution >= 0.6 is 11.3 Å². The Morgan fingerprint density at radius 3 is 2.90 bits per heavy atom. The van der Waals surface area contributed by atoms with Crippen molar-refractivity contribution in [1.29, 1.82) is 0 Å². The number of amides is 1. The predicted molar refractivity (Wildman–Crippen MR) is 117 cm³/mol. The summed E-state index contributed by atoms with van der Waals surface area (Å²) < 4.78 is 2.02. The molecule has 1 aliphatic rings. The largest absolute Gasteiger partial charge is 0.321 e. The second-order valence-electron chi connectivity index (χ2n) is 6.86. The first-order valence-corrected chi connectivity index (χ1v) is 10.1. The van der Waals surface area contributed by atoms with Gasteiger partial charge in [0.2, 0.25) is 0 Å². The fraction of sp³-hybridized carbons (Fsp3) is 0. The van der Waals surface area contributed by atoms with E-state index in [1.165, 1.54) is 0 Å². The van der Waals surface area contributed by atoms with Gasteiger partial charge in [0.25, 0.3) is 5.91 Å². The number of imidazole rings is 1. The van der Waals surface area contributed by atoms with E-state index < -0.39 is 0 Å². The molecule has 5 nitrogen and oxygen atoms in total. The predicted octanol–water partition coefficient (Wildman–Crippen LogP) is 5.10. The quantitative estimate of drug-likeness (QED) is 0.424. The highest BCUT2D eigenvalue weighted by Crippen LogP contribution is 2.39. The summed E-state index contributed by atoms with van der Waals surface area (Å²) in [7, 11) is 0. The summed E-state index contributed by atoms with van der Waals surface area (Å²) in [5, 5.41) is 7.20. The number of aromatic nitrogens is 3. The standard InChI is InChI=1S/C23H14N4OS/c28-22-18(17-8-7-14-4-1-2-6-16(14)21(17)25-22)12-19-20(15-5-3-9-24-13-15)26-23-27(19)10-11-29-23/h1-13H,(H,25,28)/b18-12+. The van der Waals surface area contributed by atoms with Gasteiger partial charge in [-0.2, -0.15) is 0 Å². The van der Waals surface area contributed by atoms with Crippen molar-refractivity contribution in [3.8, 4) is 11.3 Å². The minimum atomic E-state index is -0.0985. The molecule has 3 aromatic heterocycles. The van der Waals surface area contributed by atoms with E-state index in [-0.39, 0.29) is 5.91 Å². The van der Waals surface area contributed by atoms with Gasteiger partial charge in [-0.15, -0.1) is 11.3 Å². The topological polar surface area (TPSA) is 59.3 Å². The Morgan fingerprint density at radius 2 is 2.00 bits per heavy atom. The Kier molecular flexibility index (Phi) is 3.42. The van der Waals surface area contributed by atoms with E-state index in [9.17, 15) is 4.79 Å². The summed E-state index contributed by atoms with van der Waals surface area (Å²) in [6.07, 6.45) is 7.45. The van der Waals surface area contributed by atoms with E-state index in [2.05, 4.69) is 22.4 Å². The normalized spacial score (nSPS) is 14.6. The SMILES string of the molecule is O=C1Nc2c(ccc3ccccc23)/C1=C\c1c(-c2cccnc2)nc2sccn12. The van der Waals surface area contributed by atoms with Gasteiger partial charge in [-0.1, -0.05) is 36.4 Å². The van der Waals surface area contributed by atoms with E-state index in [1.54, 1.807) is 23.7 Å². The smallest absolute Gasteiger partial charge is 0.256 e. The number of nitrogens with one attached hydrogen (secondary N) is 1. The summed E-state index contributed by atoms with van der Waals surface area (Å²) in [6.45, 7) is 0. The van der Waals surface area contributed by atoms with E-state index in [4.69, 9.17) is 4.98 Å². The number of carbonyl (C=O) groups is 1. The fourth-order valence-corrected chi connectivity index (χ4v) is 4.59. The van der Waals surface area contributed by atoms with Gasteiger partial charge in [0.1, 0.15) is 0 Å². The molecule has 5 aromatic rings. The number of anilines is 1. The average molecular weight is 394 g/mol. The molecule has 0 bridgehead atoms. The van der Waals surface area contributed by atoms with Crippen molar-refractivity contribution in [2.45, 2.75) is 0 Å². The Bertz CT molecular complexity index is 1450. The Labute approximate surface area is 170 Å². The molecule has 0 saturated carbocycles. The van der Waals surface area contributed by atoms with Gasteiger partial charge in [-0.25, -0.2) is 4.98 Å². The third-order valence-corrected chi connectivity index (χ3v) is 5.97. The highest BCUT2D eigenvalue weighted by Gasteiger charge is 2.27. The van der Waals surface area contributed by atoms with Gasteiger partial charge in [-0.05, 0) is 23.6 Å². The second-order valence-corrected chi connectivity index (χ2v) is 7.74. The van der Waals surface area contributed by atoms with Crippen molar-refractivity contribution in [3.05, 3.63) is 83.8 Å². The van der Waals surface area contributed by atoms with Crippen LogP contribution in [0.25, 0.3) is 38.6 Å². The number of rotatable bonds is 2. The van der Waals surface area contributed by atoms with Crippen molar-refractivity contribution in [3.63, 3.8) is 0 Å². The molecule has 0 fully saturated rings. The Hall–Kier alpha value is -3.77. The monoisotopic (exact) mass is 394 g/mol. The molecule has 0 aliphatic carbocycles. The minimum absolute atomic E-state index is 0.0985. The van der Waals surface area contributed by atoms with Gasteiger partial charge < -0.3 is 5.32 Å². The van der Waals surface area contributed by atoms with Crippen LogP contribution in [-0.2, 0) is 4.79 Å². The molecule has 0 atom stereocenters. The molecular weight excluding hydrogens is 380 g/mol. The molecule has 2 aromatic carbocycles. The summed E-state index contributed by atoms with van der Waals surface area (Å²) in [4.78, 5) is 22.8. The molecule has 29 heavy (non-hydrogen) atoms. The fourth-order valence-electron chi connectivity index (χ4n) is 3.87. The average Bonchev–Trinajstić information content (AvgIpc) is 3.43. The number of thiazole rings is 1. The molecule has 6 rings (SSSR count). The molecule has 1 amide bonds. The van der Waals surface area contributed by atoms with Crippen LogP contribution < -0.4 is 5.32 Å². The van der Waals surface area contributed by atoms with Crippen LogP contribution in [0.15, 0.2) is 72.5 Å². The lowest BCUT2D eigenvalue weighted by atomic mass is 10.0. The first-order valence-electron chi connectivity index (χ1n) is 9.21. The van der Waals surface area contributed by atoms with E-state index in [1.807, 2.05) is 58.5 Å². The number of benzene rings is 2. The lowest BCUT2D eigenvalue weighted by Gasteiger charge is -2.04. The van der Waals surface area contributed by atoms with Crippen LogP contribution in [-0.4, -0.2) is 20.3 Å². The van der Waals surface area contributed by atoms with E-state index >= 15 is 0 Å². The summed E-state index contributed by atoms with van der Waals surface area (Å²) in [5.41, 5.74) is 5.04. The van der Waals surface area contributed by atoms with Crippen LogP contribution in [0.2, 0.25) is 0 Å². The van der Waals surface area contributed by atoms with Crippen LogP contribution in [0.3, 0.4) is 0 Å². The second kappa shape index (κ2) is 6.12. The number of hydrogen-bond acceptors (Lipinski definition) is 4. The van der Waals surface area contributed by atoms with Crippen molar-refractivity contribution >= 4 is 50.3 Å². The minimum Gasteiger partial charge on any atom is -0.321 e. The maximum absolute atomic E-state index is 12.9. The van der Waals surface area contributed by atoms with Gasteiger partial charge in [0, 0.05) is 40.5 Å². The molecule has 4 heterocycles. The van der Waals surface area contributed by atoms with Gasteiger partial charge in [-0.3, -0.25) is 14.2 Å². The third kappa shape index (κ3) is 2.43. The van der Waals surface area contributed by atoms with E-state index in [0.717, 1.165) is 43.9 Å². The first-order chi connectivity index (χ1) is 14.3. The molecule has 1 N–H and O–H groups in total. The van der Waals surface area contributed by atoms with Crippen LogP contribution in [0.4, 0.5) is 5.69 Å². The zero-order valence-corrected chi connectivity index (χ0v) is 16.0. The van der Waals surface area contributed by atoms with Crippen LogP contribution in [0.5, 0.6) is 0 Å². The number of pyridine rings is 1. The zero-order chi connectivity index (χ0) is 19.4. The Morgan fingerprint density at radius 1 is 1.07 bits per heavy atom. The molecule has 6 heteroatoms. The molecular formula is C23H14N4OS. The lowest BCUT2D eigenvalue weighted by Crippen LogP contribution is -2.04. The highest BCUT2D eigenvalue weighted by atomic mass is 32.1. The number of fused-ring (bicyclic) bond motifs is 4. The number of nitrogens with zero attached hydrogens (tertiary/aromatic N) is 3. The number of carbonyl (C=O) groups excluding carboxylic acids is 1. The lowest BCUT2D eigenvalue weighted by molar-refractivity contribution is -0.110. The molecule has 138 valence electrons. The third-order valence-electron chi connectivity index (χ3n) is 5.22. The molecule has 1 aliphatic heterocycles. The van der Waals surface area contributed by atoms with Crippen molar-refractivity contribution in [1.82, 2.24) is 14.4 Å². The zero-order valence-electron chi connectivity index (χ0n) is 15.2. The molecule has 0 saturated heterocycles. The summed E-state index contributed by atoms with van der Waals surface area (Å²) in [5.74, 6) is -0.0985. The molecule has 0 radical (unpaired) electrons. The highest BCUT2D eigenvalue weighted by molar-refractivity contribution is 7.15. The van der Waals surface area contributed by atoms with Crippen molar-refractivity contribution in [2.75, 3.05) is 5.32 Å². The van der Waals surface area contributed by atoms with Crippen LogP contribution in [0.1, 0.15) is 11.3 Å². The first kappa shape index (κ1) is 16.2. The summed E-state index contributed by atoms with van der Waals surface area (Å²) in [6, 6.07) is 16.0. The molecule has 0 spiro atoms. The van der Waals surface area contributed by atoms with Crippen molar-refractivity contribution in [2.24, 2.45) is 0 Å². The van der Waals surface area contributed by atoms with Gasteiger partial charge in [0.15, 0.2) is 4.96 Å². The van der Waals surface area contributed by atoms with Crippen LogP contribution in [0, 0.1) is 0 Å². The van der Waals surface area contributed by atoms with E-state index in [0.29, 0.717) is 5.57 Å². The molecule has 0 unspecified atom stereocenters. The van der Waals surface area contributed by atoms with Crippen molar-refractivity contribution < 1.29 is 4.79 Å². The van der Waals surface area contributed by atoms with Gasteiger partial charge in [0.05, 0.1) is 22.6 Å².